The minimum Gasteiger partial charge on any atom is -0.484 e. The Kier molecular flexibility index (Phi) is 9.72. The number of hydrogen-bond acceptors (Lipinski definition) is 5. The summed E-state index contributed by atoms with van der Waals surface area (Å²) in [6.45, 7) is 4.89. The van der Waals surface area contributed by atoms with E-state index in [-0.39, 0.29) is 18.5 Å². The van der Waals surface area contributed by atoms with Crippen molar-refractivity contribution in [3.8, 4) is 5.75 Å². The summed E-state index contributed by atoms with van der Waals surface area (Å²) in [4.78, 5) is 23.9. The van der Waals surface area contributed by atoms with Crippen molar-refractivity contribution >= 4 is 11.9 Å². The smallest absolute Gasteiger partial charge is 0.335 e. The Balaban J connectivity index is 1.74. The van der Waals surface area contributed by atoms with Gasteiger partial charge in [-0.25, -0.2) is 4.79 Å². The molecule has 6 nitrogen and oxygen atoms in total. The summed E-state index contributed by atoms with van der Waals surface area (Å²) in [7, 11) is 0. The van der Waals surface area contributed by atoms with Gasteiger partial charge in [0, 0.05) is 19.6 Å². The summed E-state index contributed by atoms with van der Waals surface area (Å²) < 4.78 is 16.1. The molecule has 0 aliphatic heterocycles. The molecule has 0 saturated heterocycles. The van der Waals surface area contributed by atoms with E-state index in [2.05, 4.69) is 5.32 Å². The van der Waals surface area contributed by atoms with E-state index >= 15 is 0 Å². The predicted octanol–water partition coefficient (Wildman–Crippen LogP) is 2.94. The fourth-order valence-electron chi connectivity index (χ4n) is 2.77. The normalized spacial score (nSPS) is 11.5. The van der Waals surface area contributed by atoms with E-state index in [9.17, 15) is 9.59 Å². The van der Waals surface area contributed by atoms with E-state index < -0.39 is 6.10 Å². The molecule has 0 fully saturated rings. The summed E-state index contributed by atoms with van der Waals surface area (Å²) >= 11 is 0. The number of ether oxygens (including phenoxy) is 3. The van der Waals surface area contributed by atoms with E-state index in [4.69, 9.17) is 14.2 Å². The molecule has 0 aromatic heterocycles. The highest BCUT2D eigenvalue weighted by Crippen LogP contribution is 2.15. The Hall–Kier alpha value is -2.86. The third-order valence-electron chi connectivity index (χ3n) is 4.21. The van der Waals surface area contributed by atoms with E-state index in [0.29, 0.717) is 31.9 Å². The molecular weight excluding hydrogens is 370 g/mol. The molecule has 0 heterocycles. The van der Waals surface area contributed by atoms with Gasteiger partial charge < -0.3 is 19.5 Å². The summed E-state index contributed by atoms with van der Waals surface area (Å²) in [5.74, 6) is 0.0710. The number of rotatable bonds is 12. The van der Waals surface area contributed by atoms with Crippen molar-refractivity contribution in [2.45, 2.75) is 32.8 Å². The largest absolute Gasteiger partial charge is 0.484 e. The Morgan fingerprint density at radius 2 is 1.66 bits per heavy atom. The van der Waals surface area contributed by atoms with Crippen LogP contribution in [0.5, 0.6) is 5.75 Å². The highest BCUT2D eigenvalue weighted by atomic mass is 16.6. The summed E-state index contributed by atoms with van der Waals surface area (Å²) in [5, 5.41) is 2.85. The number of esters is 1. The molecule has 1 amide bonds. The van der Waals surface area contributed by atoms with Crippen LogP contribution in [0.15, 0.2) is 54.6 Å². The van der Waals surface area contributed by atoms with Gasteiger partial charge in [0.1, 0.15) is 5.75 Å². The van der Waals surface area contributed by atoms with Crippen LogP contribution in [0.3, 0.4) is 0 Å². The first kappa shape index (κ1) is 22.4. The number of benzene rings is 2. The Bertz CT molecular complexity index is 746. The van der Waals surface area contributed by atoms with Gasteiger partial charge in [-0.05, 0) is 43.5 Å². The van der Waals surface area contributed by atoms with Crippen LogP contribution in [0.4, 0.5) is 0 Å². The number of amides is 1. The number of hydrogen-bond donors (Lipinski definition) is 1. The van der Waals surface area contributed by atoms with Crippen LogP contribution in [-0.4, -0.2) is 44.3 Å². The van der Waals surface area contributed by atoms with Crippen molar-refractivity contribution in [2.75, 3.05) is 26.4 Å². The topological polar surface area (TPSA) is 73.9 Å². The SMILES string of the molecule is CCOC(=O)[C@H](Cc1ccc(OCC(=O)NCCc2ccccc2)cc1)OCC. The second-order valence-corrected chi connectivity index (χ2v) is 6.42. The molecule has 156 valence electrons. The maximum atomic E-state index is 11.9. The molecule has 2 aromatic carbocycles. The Morgan fingerprint density at radius 1 is 0.931 bits per heavy atom. The maximum Gasteiger partial charge on any atom is 0.335 e. The zero-order valence-electron chi connectivity index (χ0n) is 17.1. The zero-order chi connectivity index (χ0) is 20.9. The van der Waals surface area contributed by atoms with Gasteiger partial charge in [0.2, 0.25) is 0 Å². The lowest BCUT2D eigenvalue weighted by molar-refractivity contribution is -0.156. The van der Waals surface area contributed by atoms with Gasteiger partial charge in [0.15, 0.2) is 12.7 Å². The standard InChI is InChI=1S/C23H29NO5/c1-3-27-21(23(26)28-4-2)16-19-10-12-20(13-11-19)29-17-22(25)24-15-14-18-8-6-5-7-9-18/h5-13,21H,3-4,14-17H2,1-2H3,(H,24,25)/t21-/m0/s1. The van der Waals surface area contributed by atoms with Crippen LogP contribution in [0.25, 0.3) is 0 Å². The minimum absolute atomic E-state index is 0.0431. The van der Waals surface area contributed by atoms with Crippen LogP contribution in [0.2, 0.25) is 0 Å². The van der Waals surface area contributed by atoms with Crippen molar-refractivity contribution < 1.29 is 23.8 Å². The van der Waals surface area contributed by atoms with Crippen molar-refractivity contribution in [3.05, 3.63) is 65.7 Å². The average Bonchev–Trinajstić information content (AvgIpc) is 2.74. The van der Waals surface area contributed by atoms with Gasteiger partial charge in [0.25, 0.3) is 5.91 Å². The zero-order valence-corrected chi connectivity index (χ0v) is 17.1. The molecule has 29 heavy (non-hydrogen) atoms. The molecule has 0 unspecified atom stereocenters. The Labute approximate surface area is 172 Å². The number of carbonyl (C=O) groups is 2. The molecule has 0 aliphatic carbocycles. The van der Waals surface area contributed by atoms with Crippen LogP contribution >= 0.6 is 0 Å². The van der Waals surface area contributed by atoms with Gasteiger partial charge in [-0.2, -0.15) is 0 Å². The summed E-state index contributed by atoms with van der Waals surface area (Å²) in [6, 6.07) is 17.3. The molecule has 6 heteroatoms. The minimum atomic E-state index is -0.623. The first-order chi connectivity index (χ1) is 14.1. The van der Waals surface area contributed by atoms with Crippen LogP contribution < -0.4 is 10.1 Å². The quantitative estimate of drug-likeness (QED) is 0.556. The van der Waals surface area contributed by atoms with E-state index in [1.54, 1.807) is 19.1 Å². The van der Waals surface area contributed by atoms with Crippen LogP contribution in [0.1, 0.15) is 25.0 Å². The second-order valence-electron chi connectivity index (χ2n) is 6.42. The van der Waals surface area contributed by atoms with E-state index in [1.807, 2.05) is 49.4 Å². The summed E-state index contributed by atoms with van der Waals surface area (Å²) in [6.07, 6.45) is 0.581. The lowest BCUT2D eigenvalue weighted by Crippen LogP contribution is -2.30. The van der Waals surface area contributed by atoms with Gasteiger partial charge >= 0.3 is 5.97 Å². The maximum absolute atomic E-state index is 11.9. The highest BCUT2D eigenvalue weighted by Gasteiger charge is 2.20. The molecule has 0 aliphatic rings. The highest BCUT2D eigenvalue weighted by molar-refractivity contribution is 5.77. The molecule has 1 atom stereocenters. The molecule has 0 spiro atoms. The summed E-state index contributed by atoms with van der Waals surface area (Å²) in [5.41, 5.74) is 2.11. The second kappa shape index (κ2) is 12.6. The van der Waals surface area contributed by atoms with Gasteiger partial charge in [-0.1, -0.05) is 42.5 Å². The Morgan fingerprint density at radius 3 is 2.31 bits per heavy atom. The average molecular weight is 399 g/mol. The van der Waals surface area contributed by atoms with Crippen molar-refractivity contribution in [2.24, 2.45) is 0 Å². The van der Waals surface area contributed by atoms with Gasteiger partial charge in [-0.3, -0.25) is 4.79 Å². The lowest BCUT2D eigenvalue weighted by Gasteiger charge is -2.15. The van der Waals surface area contributed by atoms with Crippen molar-refractivity contribution in [1.29, 1.82) is 0 Å². The lowest BCUT2D eigenvalue weighted by atomic mass is 10.1. The predicted molar refractivity (Wildman–Crippen MR) is 111 cm³/mol. The van der Waals surface area contributed by atoms with Crippen LogP contribution in [0, 0.1) is 0 Å². The fourth-order valence-corrected chi connectivity index (χ4v) is 2.77. The van der Waals surface area contributed by atoms with E-state index in [0.717, 1.165) is 12.0 Å². The van der Waals surface area contributed by atoms with Gasteiger partial charge in [-0.15, -0.1) is 0 Å². The first-order valence-corrected chi connectivity index (χ1v) is 9.93. The molecule has 2 aromatic rings. The molecule has 0 saturated carbocycles. The molecule has 1 N–H and O–H groups in total. The van der Waals surface area contributed by atoms with Gasteiger partial charge in [0.05, 0.1) is 6.61 Å². The third kappa shape index (κ3) is 8.35. The molecular formula is C23H29NO5. The monoisotopic (exact) mass is 399 g/mol. The van der Waals surface area contributed by atoms with Crippen molar-refractivity contribution in [1.82, 2.24) is 5.32 Å². The van der Waals surface area contributed by atoms with Crippen molar-refractivity contribution in [3.63, 3.8) is 0 Å². The molecule has 0 radical (unpaired) electrons. The third-order valence-corrected chi connectivity index (χ3v) is 4.21. The van der Waals surface area contributed by atoms with E-state index in [1.165, 1.54) is 5.56 Å². The number of nitrogens with one attached hydrogen (secondary N) is 1. The number of carbonyl (C=O) groups excluding carboxylic acids is 2. The fraction of sp³-hybridized carbons (Fsp3) is 0.391. The first-order valence-electron chi connectivity index (χ1n) is 9.93. The molecule has 0 bridgehead atoms. The molecule has 2 rings (SSSR count). The van der Waals surface area contributed by atoms with Crippen LogP contribution in [-0.2, 0) is 31.9 Å².